The highest BCUT2D eigenvalue weighted by molar-refractivity contribution is 7.19. The number of hydrogen-bond donors (Lipinski definition) is 0. The summed E-state index contributed by atoms with van der Waals surface area (Å²) >= 11 is 1.93. The molecule has 4 heteroatoms. The molecule has 134 valence electrons. The average Bonchev–Trinajstić information content (AvgIpc) is 3.28. The van der Waals surface area contributed by atoms with E-state index in [2.05, 4.69) is 64.1 Å². The Morgan fingerprint density at radius 2 is 1.89 bits per heavy atom. The van der Waals surface area contributed by atoms with Crippen molar-refractivity contribution in [1.82, 2.24) is 0 Å². The summed E-state index contributed by atoms with van der Waals surface area (Å²) in [7, 11) is 0. The normalized spacial score (nSPS) is 19.9. The van der Waals surface area contributed by atoms with Crippen LogP contribution in [0.1, 0.15) is 30.7 Å². The maximum Gasteiger partial charge on any atom is 0.265 e. The van der Waals surface area contributed by atoms with E-state index in [0.29, 0.717) is 0 Å². The average molecular weight is 374 g/mol. The smallest absolute Gasteiger partial charge is 0.265 e. The minimum atomic E-state index is 0.992. The van der Waals surface area contributed by atoms with Crippen LogP contribution in [-0.4, -0.2) is 6.54 Å². The largest absolute Gasteiger partial charge is 0.438 e. The fourth-order valence-corrected chi connectivity index (χ4v) is 5.77. The second kappa shape index (κ2) is 5.96. The van der Waals surface area contributed by atoms with E-state index in [0.717, 1.165) is 37.6 Å². The van der Waals surface area contributed by atoms with Gasteiger partial charge in [-0.15, -0.1) is 0 Å². The number of benzene rings is 2. The molecule has 0 saturated heterocycles. The van der Waals surface area contributed by atoms with Crippen LogP contribution in [0.4, 0.5) is 5.69 Å². The molecule has 3 nitrogen and oxygen atoms in total. The number of thiazole rings is 1. The zero-order valence-corrected chi connectivity index (χ0v) is 16.0. The Labute approximate surface area is 162 Å². The molecule has 0 spiro atoms. The highest BCUT2D eigenvalue weighted by Crippen LogP contribution is 2.43. The Hall–Kier alpha value is -2.59. The number of allylic oxidation sites excluding steroid dienone is 3. The summed E-state index contributed by atoms with van der Waals surface area (Å²) in [6, 6.07) is 17.2. The number of para-hydroxylation sites is 3. The van der Waals surface area contributed by atoms with Gasteiger partial charge in [0.2, 0.25) is 11.4 Å². The number of ether oxygens (including phenoxy) is 1. The van der Waals surface area contributed by atoms with E-state index >= 15 is 0 Å². The van der Waals surface area contributed by atoms with Crippen LogP contribution in [-0.2, 0) is 6.54 Å². The fraction of sp³-hybridized carbons (Fsp3) is 0.261. The molecule has 3 aliphatic rings. The van der Waals surface area contributed by atoms with Gasteiger partial charge in [-0.25, -0.2) is 0 Å². The Morgan fingerprint density at radius 3 is 2.89 bits per heavy atom. The predicted octanol–water partition coefficient (Wildman–Crippen LogP) is 5.27. The summed E-state index contributed by atoms with van der Waals surface area (Å²) in [5, 5.41) is 1.42. The van der Waals surface area contributed by atoms with E-state index in [4.69, 9.17) is 4.74 Å². The second-order valence-electron chi connectivity index (χ2n) is 7.46. The van der Waals surface area contributed by atoms with Crippen molar-refractivity contribution in [3.63, 3.8) is 0 Å². The summed E-state index contributed by atoms with van der Waals surface area (Å²) < 4.78 is 10.2. The van der Waals surface area contributed by atoms with Crippen molar-refractivity contribution in [2.24, 2.45) is 0 Å². The fourth-order valence-electron chi connectivity index (χ4n) is 4.54. The molecule has 0 atom stereocenters. The summed E-state index contributed by atoms with van der Waals surface area (Å²) in [6.07, 6.45) is 7.04. The number of rotatable bonds is 1. The van der Waals surface area contributed by atoms with Crippen molar-refractivity contribution >= 4 is 32.8 Å². The van der Waals surface area contributed by atoms with E-state index in [1.165, 1.54) is 44.9 Å². The van der Waals surface area contributed by atoms with Crippen molar-refractivity contribution in [2.45, 2.75) is 32.2 Å². The molecule has 6 rings (SSSR count). The molecule has 0 N–H and O–H groups in total. The molecule has 0 aliphatic carbocycles. The van der Waals surface area contributed by atoms with Gasteiger partial charge in [-0.3, -0.25) is 0 Å². The van der Waals surface area contributed by atoms with Crippen LogP contribution in [0.5, 0.6) is 5.75 Å². The van der Waals surface area contributed by atoms with E-state index in [1.54, 1.807) is 0 Å². The van der Waals surface area contributed by atoms with Crippen LogP contribution in [0, 0.1) is 0 Å². The number of aryl methyl sites for hydroxylation is 1. The van der Waals surface area contributed by atoms with Crippen molar-refractivity contribution in [3.8, 4) is 5.75 Å². The van der Waals surface area contributed by atoms with Crippen LogP contribution in [0.15, 0.2) is 66.1 Å². The van der Waals surface area contributed by atoms with Crippen LogP contribution in [0.25, 0.3) is 15.8 Å². The quantitative estimate of drug-likeness (QED) is 0.540. The van der Waals surface area contributed by atoms with Gasteiger partial charge in [-0.2, -0.15) is 4.57 Å². The van der Waals surface area contributed by atoms with E-state index in [1.807, 2.05) is 11.3 Å². The maximum atomic E-state index is 6.27. The lowest BCUT2D eigenvalue weighted by atomic mass is 9.99. The summed E-state index contributed by atoms with van der Waals surface area (Å²) in [6.45, 7) is 2.17. The lowest BCUT2D eigenvalue weighted by Gasteiger charge is -2.25. The lowest BCUT2D eigenvalue weighted by molar-refractivity contribution is -0.672. The summed E-state index contributed by atoms with van der Waals surface area (Å²) in [4.78, 5) is 2.35. The van der Waals surface area contributed by atoms with E-state index in [9.17, 15) is 0 Å². The zero-order chi connectivity index (χ0) is 17.8. The Balaban J connectivity index is 1.47. The van der Waals surface area contributed by atoms with Gasteiger partial charge in [0.1, 0.15) is 4.70 Å². The Morgan fingerprint density at radius 1 is 1.00 bits per heavy atom. The van der Waals surface area contributed by atoms with Crippen molar-refractivity contribution in [2.75, 3.05) is 11.4 Å². The van der Waals surface area contributed by atoms with Crippen LogP contribution < -0.4 is 14.2 Å². The van der Waals surface area contributed by atoms with Crippen molar-refractivity contribution in [1.29, 1.82) is 0 Å². The van der Waals surface area contributed by atoms with Gasteiger partial charge in [-0.1, -0.05) is 35.6 Å². The molecule has 0 bridgehead atoms. The van der Waals surface area contributed by atoms with Crippen LogP contribution >= 0.6 is 11.3 Å². The van der Waals surface area contributed by atoms with Gasteiger partial charge in [0.25, 0.3) is 5.01 Å². The molecule has 3 aromatic rings. The minimum Gasteiger partial charge on any atom is -0.438 e. The zero-order valence-electron chi connectivity index (χ0n) is 15.1. The molecule has 0 radical (unpaired) electrons. The summed E-state index contributed by atoms with van der Waals surface area (Å²) in [5.41, 5.74) is 5.39. The maximum absolute atomic E-state index is 6.27. The molecule has 2 aromatic carbocycles. The van der Waals surface area contributed by atoms with Crippen molar-refractivity contribution < 1.29 is 9.30 Å². The minimum absolute atomic E-state index is 0.992. The standard InChI is InChI=1S/C23H21N2OS/c1-3-11-20-18(9-1)24-13-5-7-16(22(24)26-20)15-17-8-6-14-25-19-10-2-4-12-21(19)27-23(17)25/h1-4,9-12,15H,5-8,13-14H2/q+1. The highest BCUT2D eigenvalue weighted by Gasteiger charge is 2.32. The van der Waals surface area contributed by atoms with Crippen LogP contribution in [0.3, 0.4) is 0 Å². The predicted molar refractivity (Wildman–Crippen MR) is 110 cm³/mol. The molecular formula is C23H21N2OS+. The first-order valence-electron chi connectivity index (χ1n) is 9.78. The first-order chi connectivity index (χ1) is 13.4. The first-order valence-corrected chi connectivity index (χ1v) is 10.6. The summed E-state index contributed by atoms with van der Waals surface area (Å²) in [5.74, 6) is 2.04. The van der Waals surface area contributed by atoms with Gasteiger partial charge in [-0.05, 0) is 43.5 Å². The number of fused-ring (bicyclic) bond motifs is 6. The molecule has 27 heavy (non-hydrogen) atoms. The number of aromatic nitrogens is 1. The van der Waals surface area contributed by atoms with Gasteiger partial charge in [0, 0.05) is 30.2 Å². The molecule has 0 unspecified atom stereocenters. The van der Waals surface area contributed by atoms with Crippen LogP contribution in [0.2, 0.25) is 0 Å². The van der Waals surface area contributed by atoms with E-state index in [-0.39, 0.29) is 0 Å². The topological polar surface area (TPSA) is 16.4 Å². The van der Waals surface area contributed by atoms with E-state index < -0.39 is 0 Å². The third-order valence-electron chi connectivity index (χ3n) is 5.77. The van der Waals surface area contributed by atoms with Crippen molar-refractivity contribution in [3.05, 3.63) is 71.1 Å². The Kier molecular flexibility index (Phi) is 3.41. The Bertz CT molecular complexity index is 1120. The third kappa shape index (κ3) is 2.36. The van der Waals surface area contributed by atoms with Gasteiger partial charge in [0.15, 0.2) is 12.3 Å². The first kappa shape index (κ1) is 15.5. The van der Waals surface area contributed by atoms with Gasteiger partial charge in [0.05, 0.1) is 5.69 Å². The lowest BCUT2D eigenvalue weighted by Crippen LogP contribution is -2.38. The third-order valence-corrected chi connectivity index (χ3v) is 7.01. The van der Waals surface area contributed by atoms with Gasteiger partial charge >= 0.3 is 0 Å². The second-order valence-corrected chi connectivity index (χ2v) is 8.49. The molecule has 4 heterocycles. The number of hydrogen-bond acceptors (Lipinski definition) is 3. The number of nitrogens with zero attached hydrogens (tertiary/aromatic N) is 2. The monoisotopic (exact) mass is 373 g/mol. The molecular weight excluding hydrogens is 352 g/mol. The van der Waals surface area contributed by atoms with Gasteiger partial charge < -0.3 is 9.64 Å². The molecule has 0 fully saturated rings. The molecule has 3 aliphatic heterocycles. The SMILES string of the molecule is C(=C1CCC[n+]2c1sc1ccccc12)C1=C2Oc3ccccc3N2CCC1. The molecule has 0 amide bonds. The molecule has 0 saturated carbocycles. The molecule has 1 aromatic heterocycles. The highest BCUT2D eigenvalue weighted by atomic mass is 32.1. The number of anilines is 1.